The number of hydrogen-bond acceptors (Lipinski definition) is 3. The normalized spacial score (nSPS) is 32.5. The molecule has 0 bridgehead atoms. The van der Waals surface area contributed by atoms with E-state index in [1.165, 1.54) is 0 Å². The van der Waals surface area contributed by atoms with Crippen LogP contribution in [0.4, 0.5) is 0 Å². The molecule has 3 aliphatic rings. The first-order chi connectivity index (χ1) is 11.1. The minimum absolute atomic E-state index is 0.144. The van der Waals surface area contributed by atoms with Crippen molar-refractivity contribution in [2.45, 2.75) is 38.6 Å². The Hall–Kier alpha value is -1.11. The van der Waals surface area contributed by atoms with E-state index in [4.69, 9.17) is 4.42 Å². The molecule has 1 aromatic heterocycles. The molecular formula is C17H24N2O3S. The molecule has 2 fully saturated rings. The molecule has 2 saturated heterocycles. The quantitative estimate of drug-likeness (QED) is 0.798. The number of fused-ring (bicyclic) bond motifs is 1. The molecule has 126 valence electrons. The van der Waals surface area contributed by atoms with Gasteiger partial charge in [0.25, 0.3) is 10.2 Å². The van der Waals surface area contributed by atoms with Crippen molar-refractivity contribution in [1.82, 2.24) is 8.61 Å². The zero-order chi connectivity index (χ0) is 16.0. The van der Waals surface area contributed by atoms with Crippen LogP contribution in [0.15, 0.2) is 28.7 Å². The van der Waals surface area contributed by atoms with Crippen molar-refractivity contribution >= 4 is 10.2 Å². The van der Waals surface area contributed by atoms with Crippen LogP contribution in [-0.2, 0) is 10.2 Å². The maximum atomic E-state index is 13.2. The largest absolute Gasteiger partial charge is 0.465 e. The SMILES string of the molecule is Cc1ccc([C@@H]2CCCN2S(=O)(=O)N2C[C@H]3CC=CC[C@H]3C2)o1. The van der Waals surface area contributed by atoms with Gasteiger partial charge in [-0.05, 0) is 56.6 Å². The highest BCUT2D eigenvalue weighted by Crippen LogP contribution is 2.40. The highest BCUT2D eigenvalue weighted by atomic mass is 32.2. The number of hydrogen-bond donors (Lipinski definition) is 0. The molecular weight excluding hydrogens is 312 g/mol. The van der Waals surface area contributed by atoms with Crippen LogP contribution in [0.2, 0.25) is 0 Å². The Kier molecular flexibility index (Phi) is 3.86. The van der Waals surface area contributed by atoms with Crippen molar-refractivity contribution < 1.29 is 12.8 Å². The zero-order valence-corrected chi connectivity index (χ0v) is 14.3. The second-order valence-corrected chi connectivity index (χ2v) is 8.89. The van der Waals surface area contributed by atoms with Crippen LogP contribution in [0.5, 0.6) is 0 Å². The van der Waals surface area contributed by atoms with E-state index < -0.39 is 10.2 Å². The Morgan fingerprint density at radius 1 is 1.13 bits per heavy atom. The minimum Gasteiger partial charge on any atom is -0.465 e. The smallest absolute Gasteiger partial charge is 0.282 e. The molecule has 4 rings (SSSR count). The summed E-state index contributed by atoms with van der Waals surface area (Å²) in [6.45, 7) is 3.82. The van der Waals surface area contributed by atoms with E-state index in [0.29, 0.717) is 31.5 Å². The molecule has 0 aromatic carbocycles. The Balaban J connectivity index is 1.56. The molecule has 0 N–H and O–H groups in total. The predicted octanol–water partition coefficient (Wildman–Crippen LogP) is 2.87. The summed E-state index contributed by atoms with van der Waals surface area (Å²) in [7, 11) is -3.41. The van der Waals surface area contributed by atoms with Gasteiger partial charge in [0.2, 0.25) is 0 Å². The fraction of sp³-hybridized carbons (Fsp3) is 0.647. The lowest BCUT2D eigenvalue weighted by atomic mass is 9.86. The standard InChI is InChI=1S/C17H24N2O3S/c1-13-8-9-17(22-13)16-7-4-10-19(16)23(20,21)18-11-14-5-2-3-6-15(14)12-18/h2-3,8-9,14-16H,4-7,10-12H2,1H3/t14-,15+,16-/m0/s1. The van der Waals surface area contributed by atoms with E-state index >= 15 is 0 Å². The van der Waals surface area contributed by atoms with Gasteiger partial charge in [0.1, 0.15) is 11.5 Å². The summed E-state index contributed by atoms with van der Waals surface area (Å²) in [5.74, 6) is 2.59. The minimum atomic E-state index is -3.41. The number of furan rings is 1. The fourth-order valence-corrected chi connectivity index (χ4v) is 6.19. The third-order valence-corrected chi connectivity index (χ3v) is 7.48. The molecule has 0 saturated carbocycles. The lowest BCUT2D eigenvalue weighted by molar-refractivity contribution is 0.307. The first-order valence-corrected chi connectivity index (χ1v) is 9.93. The molecule has 0 radical (unpaired) electrons. The van der Waals surface area contributed by atoms with Crippen LogP contribution >= 0.6 is 0 Å². The summed E-state index contributed by atoms with van der Waals surface area (Å²) >= 11 is 0. The van der Waals surface area contributed by atoms with E-state index in [9.17, 15) is 8.42 Å². The average molecular weight is 336 g/mol. The maximum Gasteiger partial charge on any atom is 0.282 e. The first kappa shape index (κ1) is 15.4. The topological polar surface area (TPSA) is 53.8 Å². The molecule has 0 spiro atoms. The molecule has 0 amide bonds. The van der Waals surface area contributed by atoms with E-state index in [-0.39, 0.29) is 6.04 Å². The average Bonchev–Trinajstić information content (AvgIpc) is 3.25. The van der Waals surface area contributed by atoms with Crippen LogP contribution in [0, 0.1) is 18.8 Å². The van der Waals surface area contributed by atoms with Crippen LogP contribution in [0.1, 0.15) is 43.2 Å². The monoisotopic (exact) mass is 336 g/mol. The first-order valence-electron chi connectivity index (χ1n) is 8.54. The van der Waals surface area contributed by atoms with Crippen LogP contribution in [-0.4, -0.2) is 36.7 Å². The van der Waals surface area contributed by atoms with Gasteiger partial charge in [-0.3, -0.25) is 0 Å². The van der Waals surface area contributed by atoms with Gasteiger partial charge in [0.05, 0.1) is 6.04 Å². The molecule has 0 unspecified atom stereocenters. The number of aryl methyl sites for hydroxylation is 1. The second-order valence-electron chi connectivity index (χ2n) is 7.00. The third-order valence-electron chi connectivity index (χ3n) is 5.50. The summed E-state index contributed by atoms with van der Waals surface area (Å²) in [4.78, 5) is 0. The molecule has 3 heterocycles. The molecule has 3 atom stereocenters. The van der Waals surface area contributed by atoms with Crippen molar-refractivity contribution in [2.24, 2.45) is 11.8 Å². The molecule has 6 heteroatoms. The number of rotatable bonds is 3. The maximum absolute atomic E-state index is 13.2. The van der Waals surface area contributed by atoms with Crippen LogP contribution in [0.25, 0.3) is 0 Å². The predicted molar refractivity (Wildman–Crippen MR) is 88.0 cm³/mol. The summed E-state index contributed by atoms with van der Waals surface area (Å²) in [5.41, 5.74) is 0. The Morgan fingerprint density at radius 2 is 1.83 bits per heavy atom. The van der Waals surface area contributed by atoms with Gasteiger partial charge < -0.3 is 4.42 Å². The summed E-state index contributed by atoms with van der Waals surface area (Å²) in [5, 5.41) is 0. The van der Waals surface area contributed by atoms with Gasteiger partial charge in [-0.15, -0.1) is 0 Å². The Labute approximate surface area is 138 Å². The number of allylic oxidation sites excluding steroid dienone is 2. The highest BCUT2D eigenvalue weighted by molar-refractivity contribution is 7.86. The zero-order valence-electron chi connectivity index (χ0n) is 13.5. The van der Waals surface area contributed by atoms with E-state index in [2.05, 4.69) is 12.2 Å². The third kappa shape index (κ3) is 2.66. The van der Waals surface area contributed by atoms with Crippen molar-refractivity contribution in [3.05, 3.63) is 35.8 Å². The summed E-state index contributed by atoms with van der Waals surface area (Å²) in [6.07, 6.45) is 8.15. The van der Waals surface area contributed by atoms with Crippen molar-refractivity contribution in [3.63, 3.8) is 0 Å². The molecule has 23 heavy (non-hydrogen) atoms. The van der Waals surface area contributed by atoms with Gasteiger partial charge >= 0.3 is 0 Å². The fourth-order valence-electron chi connectivity index (χ4n) is 4.24. The lowest BCUT2D eigenvalue weighted by Gasteiger charge is -2.27. The van der Waals surface area contributed by atoms with Gasteiger partial charge in [0, 0.05) is 19.6 Å². The van der Waals surface area contributed by atoms with Gasteiger partial charge in [0.15, 0.2) is 0 Å². The number of nitrogens with zero attached hydrogens (tertiary/aromatic N) is 2. The van der Waals surface area contributed by atoms with Crippen molar-refractivity contribution in [1.29, 1.82) is 0 Å². The molecule has 1 aliphatic carbocycles. The Bertz CT molecular complexity index is 693. The lowest BCUT2D eigenvalue weighted by Crippen LogP contribution is -2.42. The van der Waals surface area contributed by atoms with Crippen LogP contribution in [0.3, 0.4) is 0 Å². The van der Waals surface area contributed by atoms with Crippen molar-refractivity contribution in [2.75, 3.05) is 19.6 Å². The summed E-state index contributed by atoms with van der Waals surface area (Å²) < 4.78 is 35.4. The molecule has 1 aromatic rings. The van der Waals surface area contributed by atoms with Crippen molar-refractivity contribution in [3.8, 4) is 0 Å². The van der Waals surface area contributed by atoms with E-state index in [1.54, 1.807) is 8.61 Å². The highest BCUT2D eigenvalue weighted by Gasteiger charge is 2.45. The van der Waals surface area contributed by atoms with Gasteiger partial charge in [-0.1, -0.05) is 12.2 Å². The van der Waals surface area contributed by atoms with E-state index in [0.717, 1.165) is 37.2 Å². The summed E-state index contributed by atoms with van der Waals surface area (Å²) in [6, 6.07) is 3.69. The molecule has 5 nitrogen and oxygen atoms in total. The van der Waals surface area contributed by atoms with Crippen LogP contribution < -0.4 is 0 Å². The second kappa shape index (κ2) is 5.76. The van der Waals surface area contributed by atoms with Gasteiger partial charge in [-0.2, -0.15) is 17.0 Å². The Morgan fingerprint density at radius 3 is 2.43 bits per heavy atom. The molecule has 2 aliphatic heterocycles. The van der Waals surface area contributed by atoms with E-state index in [1.807, 2.05) is 19.1 Å². The van der Waals surface area contributed by atoms with Gasteiger partial charge in [-0.25, -0.2) is 0 Å².